The van der Waals surface area contributed by atoms with E-state index in [4.69, 9.17) is 19.8 Å². The fraction of sp³-hybridized carbons (Fsp3) is 0.842. The van der Waals surface area contributed by atoms with E-state index in [1.54, 1.807) is 0 Å². The highest BCUT2D eigenvalue weighted by atomic mass is 16.4. The second-order valence-corrected chi connectivity index (χ2v) is 7.65. The number of carbonyl (C=O) groups excluding carboxylic acids is 1. The van der Waals surface area contributed by atoms with Crippen LogP contribution in [0.15, 0.2) is 0 Å². The molecule has 148 valence electrons. The van der Waals surface area contributed by atoms with Gasteiger partial charge >= 0.3 is 11.9 Å². The predicted molar refractivity (Wildman–Crippen MR) is 96.9 cm³/mol. The van der Waals surface area contributed by atoms with Gasteiger partial charge in [-0.15, -0.1) is 0 Å². The smallest absolute Gasteiger partial charge is 0.414 e. The number of piperazine rings is 1. The van der Waals surface area contributed by atoms with E-state index in [2.05, 4.69) is 9.80 Å². The van der Waals surface area contributed by atoms with Crippen molar-refractivity contribution in [2.24, 2.45) is 5.92 Å². The summed E-state index contributed by atoms with van der Waals surface area (Å²) in [4.78, 5) is 35.2. The lowest BCUT2D eigenvalue weighted by molar-refractivity contribution is -0.159. The Morgan fingerprint density at radius 1 is 0.769 bits per heavy atom. The predicted octanol–water partition coefficient (Wildman–Crippen LogP) is 2.20. The molecule has 1 aliphatic heterocycles. The Labute approximate surface area is 155 Å². The summed E-state index contributed by atoms with van der Waals surface area (Å²) < 4.78 is 0. The number of hydrogen-bond acceptors (Lipinski definition) is 4. The molecule has 2 saturated carbocycles. The number of hydrogen-bond donors (Lipinski definition) is 2. The van der Waals surface area contributed by atoms with Gasteiger partial charge in [-0.3, -0.25) is 9.69 Å². The van der Waals surface area contributed by atoms with Crippen LogP contribution in [0.25, 0.3) is 0 Å². The lowest BCUT2D eigenvalue weighted by Crippen LogP contribution is -2.51. The molecule has 0 aromatic carbocycles. The van der Waals surface area contributed by atoms with E-state index < -0.39 is 11.9 Å². The molecule has 1 saturated heterocycles. The fourth-order valence-corrected chi connectivity index (χ4v) is 4.39. The van der Waals surface area contributed by atoms with Crippen LogP contribution in [0.5, 0.6) is 0 Å². The minimum atomic E-state index is -1.82. The molecule has 2 N–H and O–H groups in total. The van der Waals surface area contributed by atoms with Gasteiger partial charge in [-0.25, -0.2) is 9.59 Å². The van der Waals surface area contributed by atoms with Gasteiger partial charge in [-0.1, -0.05) is 38.5 Å². The Kier molecular flexibility index (Phi) is 8.35. The number of amides is 1. The van der Waals surface area contributed by atoms with Gasteiger partial charge in [0.15, 0.2) is 0 Å². The standard InChI is InChI=1S/C17H30N2O.C2H2O4/c20-17(10-9-15-5-1-2-6-15)19-13-11-18(12-14-19)16-7-3-4-8-16;3-1(4)2(5)6/h15-16H,1-14H2;(H,3,4)(H,5,6). The number of nitrogens with zero attached hydrogens (tertiary/aromatic N) is 2. The van der Waals surface area contributed by atoms with E-state index in [1.807, 2.05) is 0 Å². The van der Waals surface area contributed by atoms with E-state index in [9.17, 15) is 4.79 Å². The normalized spacial score (nSPS) is 22.1. The molecule has 0 aromatic heterocycles. The van der Waals surface area contributed by atoms with Gasteiger partial charge in [-0.2, -0.15) is 0 Å². The van der Waals surface area contributed by atoms with Gasteiger partial charge in [0, 0.05) is 38.6 Å². The third-order valence-corrected chi connectivity index (χ3v) is 5.93. The molecule has 3 fully saturated rings. The average molecular weight is 368 g/mol. The van der Waals surface area contributed by atoms with Gasteiger partial charge in [0.25, 0.3) is 0 Å². The van der Waals surface area contributed by atoms with Crippen molar-refractivity contribution in [3.63, 3.8) is 0 Å². The van der Waals surface area contributed by atoms with Crippen molar-refractivity contribution in [3.05, 3.63) is 0 Å². The molecule has 3 rings (SSSR count). The molecule has 0 unspecified atom stereocenters. The molecule has 1 heterocycles. The molecule has 0 bridgehead atoms. The van der Waals surface area contributed by atoms with Crippen LogP contribution in [-0.2, 0) is 14.4 Å². The largest absolute Gasteiger partial charge is 0.473 e. The Hall–Kier alpha value is -1.63. The van der Waals surface area contributed by atoms with Gasteiger partial charge in [0.2, 0.25) is 5.91 Å². The van der Waals surface area contributed by atoms with Crippen LogP contribution in [0.4, 0.5) is 0 Å². The molecular formula is C19H32N2O5. The Morgan fingerprint density at radius 3 is 1.77 bits per heavy atom. The SMILES string of the molecule is O=C(CCC1CCCC1)N1CCN(C2CCCC2)CC1.O=C(O)C(=O)O. The maximum absolute atomic E-state index is 12.3. The van der Waals surface area contributed by atoms with Crippen molar-refractivity contribution in [2.45, 2.75) is 70.3 Å². The minimum absolute atomic E-state index is 0.419. The molecular weight excluding hydrogens is 336 g/mol. The summed E-state index contributed by atoms with van der Waals surface area (Å²) >= 11 is 0. The van der Waals surface area contributed by atoms with Gasteiger partial charge < -0.3 is 15.1 Å². The van der Waals surface area contributed by atoms with E-state index in [0.29, 0.717) is 5.91 Å². The van der Waals surface area contributed by atoms with Gasteiger partial charge in [-0.05, 0) is 25.2 Å². The molecule has 2 aliphatic carbocycles. The summed E-state index contributed by atoms with van der Waals surface area (Å²) in [6, 6.07) is 0.825. The molecule has 7 nitrogen and oxygen atoms in total. The maximum Gasteiger partial charge on any atom is 0.414 e. The van der Waals surface area contributed by atoms with Crippen molar-refractivity contribution >= 4 is 17.8 Å². The number of carboxylic acid groups (broad SMARTS) is 2. The van der Waals surface area contributed by atoms with Crippen LogP contribution in [-0.4, -0.2) is 70.1 Å². The van der Waals surface area contributed by atoms with Crippen LogP contribution in [0.2, 0.25) is 0 Å². The number of carbonyl (C=O) groups is 3. The van der Waals surface area contributed by atoms with Gasteiger partial charge in [0.05, 0.1) is 0 Å². The van der Waals surface area contributed by atoms with Gasteiger partial charge in [0.1, 0.15) is 0 Å². The molecule has 0 spiro atoms. The molecule has 0 atom stereocenters. The summed E-state index contributed by atoms with van der Waals surface area (Å²) in [6.07, 6.45) is 13.0. The molecule has 0 radical (unpaired) electrons. The Balaban J connectivity index is 0.000000352. The second-order valence-electron chi connectivity index (χ2n) is 7.65. The molecule has 3 aliphatic rings. The summed E-state index contributed by atoms with van der Waals surface area (Å²) in [6.45, 7) is 4.17. The third kappa shape index (κ3) is 6.59. The first kappa shape index (κ1) is 20.7. The third-order valence-electron chi connectivity index (χ3n) is 5.93. The van der Waals surface area contributed by atoms with Crippen LogP contribution < -0.4 is 0 Å². The lowest BCUT2D eigenvalue weighted by atomic mass is 10.0. The van der Waals surface area contributed by atoms with E-state index >= 15 is 0 Å². The summed E-state index contributed by atoms with van der Waals surface area (Å²) in [7, 11) is 0. The van der Waals surface area contributed by atoms with Crippen molar-refractivity contribution < 1.29 is 24.6 Å². The van der Waals surface area contributed by atoms with Crippen molar-refractivity contribution in [2.75, 3.05) is 26.2 Å². The number of aliphatic carboxylic acids is 2. The number of rotatable bonds is 4. The quantitative estimate of drug-likeness (QED) is 0.738. The number of carboxylic acids is 2. The lowest BCUT2D eigenvalue weighted by Gasteiger charge is -2.38. The van der Waals surface area contributed by atoms with Crippen LogP contribution in [0.1, 0.15) is 64.2 Å². The van der Waals surface area contributed by atoms with Crippen LogP contribution in [0, 0.1) is 5.92 Å². The molecule has 0 aromatic rings. The highest BCUT2D eigenvalue weighted by Gasteiger charge is 2.28. The topological polar surface area (TPSA) is 98.2 Å². The van der Waals surface area contributed by atoms with E-state index in [0.717, 1.165) is 51.0 Å². The Bertz CT molecular complexity index is 464. The summed E-state index contributed by atoms with van der Waals surface area (Å²) in [5, 5.41) is 14.8. The second kappa shape index (κ2) is 10.5. The van der Waals surface area contributed by atoms with Crippen molar-refractivity contribution in [3.8, 4) is 0 Å². The fourth-order valence-electron chi connectivity index (χ4n) is 4.39. The highest BCUT2D eigenvalue weighted by Crippen LogP contribution is 2.29. The van der Waals surface area contributed by atoms with Crippen molar-refractivity contribution in [1.82, 2.24) is 9.80 Å². The van der Waals surface area contributed by atoms with E-state index in [1.165, 1.54) is 51.4 Å². The maximum atomic E-state index is 12.3. The zero-order valence-corrected chi connectivity index (χ0v) is 15.6. The minimum Gasteiger partial charge on any atom is -0.473 e. The first-order valence-corrected chi connectivity index (χ1v) is 9.95. The molecule has 26 heavy (non-hydrogen) atoms. The molecule has 7 heteroatoms. The first-order valence-electron chi connectivity index (χ1n) is 9.95. The van der Waals surface area contributed by atoms with E-state index in [-0.39, 0.29) is 0 Å². The van der Waals surface area contributed by atoms with Crippen LogP contribution >= 0.6 is 0 Å². The average Bonchev–Trinajstić information content (AvgIpc) is 3.34. The zero-order chi connectivity index (χ0) is 18.9. The van der Waals surface area contributed by atoms with Crippen LogP contribution in [0.3, 0.4) is 0 Å². The highest BCUT2D eigenvalue weighted by molar-refractivity contribution is 6.27. The molecule has 1 amide bonds. The van der Waals surface area contributed by atoms with Crippen molar-refractivity contribution in [1.29, 1.82) is 0 Å². The monoisotopic (exact) mass is 368 g/mol. The zero-order valence-electron chi connectivity index (χ0n) is 15.6. The Morgan fingerprint density at radius 2 is 1.27 bits per heavy atom. The summed E-state index contributed by atoms with van der Waals surface area (Å²) in [5.74, 6) is -2.38. The first-order chi connectivity index (χ1) is 12.5. The summed E-state index contributed by atoms with van der Waals surface area (Å²) in [5.41, 5.74) is 0.